The number of nitrogens with one attached hydrogen (secondary N) is 1. The van der Waals surface area contributed by atoms with Gasteiger partial charge in [0.1, 0.15) is 5.41 Å². The molecule has 0 bridgehead atoms. The van der Waals surface area contributed by atoms with Crippen molar-refractivity contribution in [3.05, 3.63) is 0 Å². The first kappa shape index (κ1) is 13.2. The van der Waals surface area contributed by atoms with E-state index in [1.165, 1.54) is 0 Å². The van der Waals surface area contributed by atoms with Crippen molar-refractivity contribution < 1.29 is 10.0 Å². The first-order valence-corrected chi connectivity index (χ1v) is 6.50. The molecular weight excluding hydrogens is 226 g/mol. The van der Waals surface area contributed by atoms with E-state index in [9.17, 15) is 4.79 Å². The van der Waals surface area contributed by atoms with Gasteiger partial charge in [-0.3, -0.25) is 4.79 Å². The van der Waals surface area contributed by atoms with Gasteiger partial charge in [0.2, 0.25) is 5.91 Å². The molecule has 1 aliphatic heterocycles. The summed E-state index contributed by atoms with van der Waals surface area (Å²) in [4.78, 5) is 11.9. The van der Waals surface area contributed by atoms with Gasteiger partial charge in [-0.25, -0.2) is 0 Å². The predicted molar refractivity (Wildman–Crippen MR) is 65.7 cm³/mol. The van der Waals surface area contributed by atoms with Crippen LogP contribution in [0.4, 0.5) is 0 Å². The minimum Gasteiger partial charge on any atom is -0.409 e. The molecule has 0 aromatic heterocycles. The first-order chi connectivity index (χ1) is 7.48. The minimum absolute atomic E-state index is 0.0616. The zero-order valence-corrected chi connectivity index (χ0v) is 10.5. The summed E-state index contributed by atoms with van der Waals surface area (Å²) in [6.45, 7) is 3.29. The van der Waals surface area contributed by atoms with Crippen molar-refractivity contribution in [3.8, 4) is 0 Å². The van der Waals surface area contributed by atoms with Crippen LogP contribution in [0.3, 0.4) is 0 Å². The maximum atomic E-state index is 11.9. The van der Waals surface area contributed by atoms with Crippen molar-refractivity contribution in [1.82, 2.24) is 5.32 Å². The molecule has 6 heteroatoms. The van der Waals surface area contributed by atoms with Crippen molar-refractivity contribution in [2.24, 2.45) is 16.3 Å². The highest BCUT2D eigenvalue weighted by atomic mass is 32.2. The van der Waals surface area contributed by atoms with E-state index in [4.69, 9.17) is 10.9 Å². The van der Waals surface area contributed by atoms with E-state index in [0.717, 1.165) is 24.3 Å². The van der Waals surface area contributed by atoms with Gasteiger partial charge in [-0.1, -0.05) is 5.16 Å². The number of hydrogen-bond donors (Lipinski definition) is 3. The van der Waals surface area contributed by atoms with E-state index in [1.807, 2.05) is 11.8 Å². The molecule has 1 amide bonds. The molecule has 92 valence electrons. The summed E-state index contributed by atoms with van der Waals surface area (Å²) in [5, 5.41) is 14.4. The Bertz CT molecular complexity index is 286. The quantitative estimate of drug-likeness (QED) is 0.296. The number of carbonyl (C=O) groups excluding carboxylic acids is 1. The Kier molecular flexibility index (Phi) is 4.46. The Balaban J connectivity index is 2.56. The molecule has 0 saturated carbocycles. The van der Waals surface area contributed by atoms with Gasteiger partial charge in [0, 0.05) is 11.8 Å². The number of amidine groups is 1. The second-order valence-corrected chi connectivity index (χ2v) is 5.65. The predicted octanol–water partition coefficient (Wildman–Crippen LogP) is 0.771. The van der Waals surface area contributed by atoms with E-state index in [0.29, 0.717) is 0 Å². The SMILES string of the molecule is CC(C)(C(=O)NC1CCCSC1)C(N)=NO. The summed E-state index contributed by atoms with van der Waals surface area (Å²) in [5.41, 5.74) is 4.53. The maximum Gasteiger partial charge on any atom is 0.233 e. The molecule has 0 spiro atoms. The van der Waals surface area contributed by atoms with Crippen LogP contribution in [0.15, 0.2) is 5.16 Å². The van der Waals surface area contributed by atoms with Crippen LogP contribution in [-0.4, -0.2) is 34.5 Å². The van der Waals surface area contributed by atoms with Crippen LogP contribution in [0.25, 0.3) is 0 Å². The minimum atomic E-state index is -0.961. The molecule has 1 heterocycles. The fourth-order valence-electron chi connectivity index (χ4n) is 1.46. The van der Waals surface area contributed by atoms with E-state index < -0.39 is 5.41 Å². The van der Waals surface area contributed by atoms with Gasteiger partial charge in [0.15, 0.2) is 5.84 Å². The lowest BCUT2D eigenvalue weighted by molar-refractivity contribution is -0.127. The van der Waals surface area contributed by atoms with Crippen LogP contribution in [0.5, 0.6) is 0 Å². The van der Waals surface area contributed by atoms with E-state index in [2.05, 4.69) is 10.5 Å². The van der Waals surface area contributed by atoms with Crippen molar-refractivity contribution >= 4 is 23.5 Å². The fourth-order valence-corrected chi connectivity index (χ4v) is 2.53. The number of thioether (sulfide) groups is 1. The average Bonchev–Trinajstić information content (AvgIpc) is 2.29. The molecule has 0 aromatic rings. The first-order valence-electron chi connectivity index (χ1n) is 5.35. The fraction of sp³-hybridized carbons (Fsp3) is 0.800. The Labute approximate surface area is 99.8 Å². The molecule has 0 radical (unpaired) electrons. The number of oxime groups is 1. The van der Waals surface area contributed by atoms with Crippen LogP contribution < -0.4 is 11.1 Å². The van der Waals surface area contributed by atoms with Crippen LogP contribution in [0.2, 0.25) is 0 Å². The van der Waals surface area contributed by atoms with Gasteiger partial charge in [-0.05, 0) is 32.4 Å². The molecule has 5 nitrogen and oxygen atoms in total. The Morgan fingerprint density at radius 2 is 2.31 bits per heavy atom. The van der Waals surface area contributed by atoms with Crippen LogP contribution >= 0.6 is 11.8 Å². The second-order valence-electron chi connectivity index (χ2n) is 4.50. The largest absolute Gasteiger partial charge is 0.409 e. The standard InChI is InChI=1S/C10H19N3O2S/c1-10(2,8(11)13-15)9(14)12-7-4-3-5-16-6-7/h7,15H,3-6H2,1-2H3,(H2,11,13)(H,12,14). The van der Waals surface area contributed by atoms with Crippen molar-refractivity contribution in [2.45, 2.75) is 32.7 Å². The summed E-state index contributed by atoms with van der Waals surface area (Å²) in [7, 11) is 0. The number of carbonyl (C=O) groups is 1. The molecule has 1 fully saturated rings. The molecule has 16 heavy (non-hydrogen) atoms. The lowest BCUT2D eigenvalue weighted by Gasteiger charge is -2.28. The van der Waals surface area contributed by atoms with Crippen LogP contribution in [0, 0.1) is 5.41 Å². The highest BCUT2D eigenvalue weighted by Gasteiger charge is 2.34. The smallest absolute Gasteiger partial charge is 0.233 e. The molecule has 1 atom stereocenters. The van der Waals surface area contributed by atoms with Crippen molar-refractivity contribution in [3.63, 3.8) is 0 Å². The third-order valence-corrected chi connectivity index (χ3v) is 4.03. The maximum absolute atomic E-state index is 11.9. The molecular formula is C10H19N3O2S. The van der Waals surface area contributed by atoms with E-state index in [-0.39, 0.29) is 17.8 Å². The number of amides is 1. The van der Waals surface area contributed by atoms with Crippen molar-refractivity contribution in [1.29, 1.82) is 0 Å². The van der Waals surface area contributed by atoms with Gasteiger partial charge in [-0.2, -0.15) is 11.8 Å². The molecule has 1 unspecified atom stereocenters. The summed E-state index contributed by atoms with van der Waals surface area (Å²) >= 11 is 1.84. The number of hydrogen-bond acceptors (Lipinski definition) is 4. The second kappa shape index (κ2) is 5.43. The van der Waals surface area contributed by atoms with Gasteiger partial charge in [0.25, 0.3) is 0 Å². The molecule has 0 aromatic carbocycles. The summed E-state index contributed by atoms with van der Waals surface area (Å²) in [6, 6.07) is 0.206. The number of nitrogens with two attached hydrogens (primary N) is 1. The third-order valence-electron chi connectivity index (χ3n) is 2.81. The zero-order chi connectivity index (χ0) is 12.2. The monoisotopic (exact) mass is 245 g/mol. The Hall–Kier alpha value is -0.910. The average molecular weight is 245 g/mol. The summed E-state index contributed by atoms with van der Waals surface area (Å²) < 4.78 is 0. The molecule has 1 saturated heterocycles. The Morgan fingerprint density at radius 3 is 2.81 bits per heavy atom. The molecule has 1 rings (SSSR count). The zero-order valence-electron chi connectivity index (χ0n) is 9.69. The highest BCUT2D eigenvalue weighted by molar-refractivity contribution is 7.99. The van der Waals surface area contributed by atoms with Gasteiger partial charge < -0.3 is 16.3 Å². The Morgan fingerprint density at radius 1 is 1.62 bits per heavy atom. The third kappa shape index (κ3) is 3.04. The van der Waals surface area contributed by atoms with Crippen molar-refractivity contribution in [2.75, 3.05) is 11.5 Å². The number of nitrogens with zero attached hydrogens (tertiary/aromatic N) is 1. The summed E-state index contributed by atoms with van der Waals surface area (Å²) in [5.74, 6) is 1.86. The van der Waals surface area contributed by atoms with Crippen LogP contribution in [-0.2, 0) is 4.79 Å². The van der Waals surface area contributed by atoms with Gasteiger partial charge >= 0.3 is 0 Å². The summed E-state index contributed by atoms with van der Waals surface area (Å²) in [6.07, 6.45) is 2.13. The molecule has 4 N–H and O–H groups in total. The van der Waals surface area contributed by atoms with Gasteiger partial charge in [-0.15, -0.1) is 0 Å². The van der Waals surface area contributed by atoms with E-state index in [1.54, 1.807) is 13.8 Å². The molecule has 0 aliphatic carbocycles. The lowest BCUT2D eigenvalue weighted by Crippen LogP contribution is -2.50. The lowest BCUT2D eigenvalue weighted by atomic mass is 9.90. The normalized spacial score (nSPS) is 22.9. The highest BCUT2D eigenvalue weighted by Crippen LogP contribution is 2.20. The molecule has 1 aliphatic rings. The van der Waals surface area contributed by atoms with Crippen LogP contribution in [0.1, 0.15) is 26.7 Å². The number of rotatable bonds is 3. The van der Waals surface area contributed by atoms with E-state index >= 15 is 0 Å². The topological polar surface area (TPSA) is 87.7 Å². The van der Waals surface area contributed by atoms with Gasteiger partial charge in [0.05, 0.1) is 0 Å².